The van der Waals surface area contributed by atoms with Gasteiger partial charge < -0.3 is 11.1 Å². The Hall–Kier alpha value is -1.87. The van der Waals surface area contributed by atoms with Crippen LogP contribution in [-0.4, -0.2) is 17.6 Å². The van der Waals surface area contributed by atoms with Gasteiger partial charge in [0.25, 0.3) is 0 Å². The zero-order chi connectivity index (χ0) is 13.8. The fourth-order valence-electron chi connectivity index (χ4n) is 3.00. The number of nitrogens with one attached hydrogen (secondary N) is 1. The molecule has 0 spiro atoms. The van der Waals surface area contributed by atoms with E-state index in [1.165, 1.54) is 11.3 Å². The SMILES string of the molecule is NCCCCC1=C(c2ccccn2)NC2C=CC=CC12. The molecule has 0 aromatic carbocycles. The summed E-state index contributed by atoms with van der Waals surface area (Å²) < 4.78 is 0. The van der Waals surface area contributed by atoms with Crippen molar-refractivity contribution in [3.05, 3.63) is 60.0 Å². The molecule has 0 bridgehead atoms. The summed E-state index contributed by atoms with van der Waals surface area (Å²) in [4.78, 5) is 4.50. The number of pyridine rings is 1. The molecule has 0 radical (unpaired) electrons. The molecule has 20 heavy (non-hydrogen) atoms. The number of allylic oxidation sites excluding steroid dienone is 2. The zero-order valence-corrected chi connectivity index (χ0v) is 11.6. The lowest BCUT2D eigenvalue weighted by Crippen LogP contribution is -2.26. The van der Waals surface area contributed by atoms with Gasteiger partial charge in [0.05, 0.1) is 17.4 Å². The molecule has 2 atom stereocenters. The molecule has 3 nitrogen and oxygen atoms in total. The van der Waals surface area contributed by atoms with E-state index >= 15 is 0 Å². The Balaban J connectivity index is 1.90. The maximum Gasteiger partial charge on any atom is 0.0860 e. The minimum atomic E-state index is 0.380. The highest BCUT2D eigenvalue weighted by atomic mass is 15.0. The smallest absolute Gasteiger partial charge is 0.0860 e. The lowest BCUT2D eigenvalue weighted by molar-refractivity contribution is 0.606. The van der Waals surface area contributed by atoms with Gasteiger partial charge in [0.2, 0.25) is 0 Å². The molecule has 1 aromatic rings. The molecule has 1 aromatic heterocycles. The molecule has 2 unspecified atom stereocenters. The van der Waals surface area contributed by atoms with Crippen LogP contribution in [-0.2, 0) is 0 Å². The van der Waals surface area contributed by atoms with Crippen molar-refractivity contribution in [1.82, 2.24) is 10.3 Å². The Bertz CT molecular complexity index is 543. The number of hydrogen-bond donors (Lipinski definition) is 2. The van der Waals surface area contributed by atoms with Crippen molar-refractivity contribution in [3.63, 3.8) is 0 Å². The van der Waals surface area contributed by atoms with Crippen LogP contribution in [0.3, 0.4) is 0 Å². The number of aromatic nitrogens is 1. The Morgan fingerprint density at radius 1 is 1.15 bits per heavy atom. The highest BCUT2D eigenvalue weighted by Crippen LogP contribution is 2.36. The third-order valence-electron chi connectivity index (χ3n) is 3.99. The lowest BCUT2D eigenvalue weighted by Gasteiger charge is -2.18. The summed E-state index contributed by atoms with van der Waals surface area (Å²) in [5.41, 5.74) is 9.36. The number of nitrogens with zero attached hydrogens (tertiary/aromatic N) is 1. The fraction of sp³-hybridized carbons (Fsp3) is 0.353. The van der Waals surface area contributed by atoms with Gasteiger partial charge in [0, 0.05) is 12.1 Å². The van der Waals surface area contributed by atoms with E-state index in [4.69, 9.17) is 5.73 Å². The van der Waals surface area contributed by atoms with Crippen LogP contribution in [0.2, 0.25) is 0 Å². The van der Waals surface area contributed by atoms with Gasteiger partial charge in [-0.05, 0) is 43.5 Å². The van der Waals surface area contributed by atoms with E-state index in [1.807, 2.05) is 18.3 Å². The minimum Gasteiger partial charge on any atom is -0.376 e. The molecular formula is C17H21N3. The molecule has 0 saturated heterocycles. The van der Waals surface area contributed by atoms with E-state index in [-0.39, 0.29) is 0 Å². The Morgan fingerprint density at radius 3 is 2.85 bits per heavy atom. The molecule has 1 aliphatic heterocycles. The second-order valence-corrected chi connectivity index (χ2v) is 5.33. The average Bonchev–Trinajstić information content (AvgIpc) is 2.87. The first kappa shape index (κ1) is 13.1. The molecule has 0 amide bonds. The molecule has 2 aliphatic rings. The first-order valence-corrected chi connectivity index (χ1v) is 7.36. The van der Waals surface area contributed by atoms with Crippen LogP contribution in [0.25, 0.3) is 5.70 Å². The van der Waals surface area contributed by atoms with Crippen LogP contribution in [0.5, 0.6) is 0 Å². The van der Waals surface area contributed by atoms with Crippen molar-refractivity contribution < 1.29 is 0 Å². The largest absolute Gasteiger partial charge is 0.376 e. The van der Waals surface area contributed by atoms with Gasteiger partial charge in [-0.25, -0.2) is 0 Å². The maximum absolute atomic E-state index is 5.62. The molecule has 3 heteroatoms. The number of nitrogens with two attached hydrogens (primary N) is 1. The first-order valence-electron chi connectivity index (χ1n) is 7.36. The summed E-state index contributed by atoms with van der Waals surface area (Å²) >= 11 is 0. The highest BCUT2D eigenvalue weighted by molar-refractivity contribution is 5.69. The predicted octanol–water partition coefficient (Wildman–Crippen LogP) is 2.64. The molecule has 1 aliphatic carbocycles. The Labute approximate surface area is 120 Å². The van der Waals surface area contributed by atoms with Gasteiger partial charge in [-0.3, -0.25) is 4.98 Å². The van der Waals surface area contributed by atoms with Crippen molar-refractivity contribution >= 4 is 5.70 Å². The summed E-state index contributed by atoms with van der Waals surface area (Å²) in [6, 6.07) is 6.46. The van der Waals surface area contributed by atoms with Gasteiger partial charge >= 0.3 is 0 Å². The second kappa shape index (κ2) is 6.06. The fourth-order valence-corrected chi connectivity index (χ4v) is 3.00. The van der Waals surface area contributed by atoms with Crippen LogP contribution in [0, 0.1) is 5.92 Å². The summed E-state index contributed by atoms with van der Waals surface area (Å²) in [5.74, 6) is 0.467. The van der Waals surface area contributed by atoms with Crippen LogP contribution in [0.4, 0.5) is 0 Å². The second-order valence-electron chi connectivity index (χ2n) is 5.33. The average molecular weight is 267 g/mol. The lowest BCUT2D eigenvalue weighted by atomic mass is 9.87. The summed E-state index contributed by atoms with van der Waals surface area (Å²) in [7, 11) is 0. The van der Waals surface area contributed by atoms with Crippen molar-refractivity contribution in [2.45, 2.75) is 25.3 Å². The van der Waals surface area contributed by atoms with E-state index in [1.54, 1.807) is 0 Å². The molecular weight excluding hydrogens is 246 g/mol. The highest BCUT2D eigenvalue weighted by Gasteiger charge is 2.32. The van der Waals surface area contributed by atoms with Crippen molar-refractivity contribution in [2.24, 2.45) is 11.7 Å². The van der Waals surface area contributed by atoms with E-state index < -0.39 is 0 Å². The first-order chi connectivity index (χ1) is 9.90. The van der Waals surface area contributed by atoms with Crippen LogP contribution in [0.1, 0.15) is 25.0 Å². The minimum absolute atomic E-state index is 0.380. The zero-order valence-electron chi connectivity index (χ0n) is 11.6. The summed E-state index contributed by atoms with van der Waals surface area (Å²) in [6.07, 6.45) is 14.0. The Kier molecular flexibility index (Phi) is 3.97. The van der Waals surface area contributed by atoms with E-state index in [9.17, 15) is 0 Å². The topological polar surface area (TPSA) is 50.9 Å². The van der Waals surface area contributed by atoms with Gasteiger partial charge in [0.1, 0.15) is 0 Å². The number of rotatable bonds is 5. The predicted molar refractivity (Wildman–Crippen MR) is 82.8 cm³/mol. The monoisotopic (exact) mass is 267 g/mol. The van der Waals surface area contributed by atoms with E-state index in [0.717, 1.165) is 31.5 Å². The molecule has 104 valence electrons. The van der Waals surface area contributed by atoms with Gasteiger partial charge in [-0.15, -0.1) is 0 Å². The summed E-state index contributed by atoms with van der Waals surface area (Å²) in [6.45, 7) is 0.767. The molecule has 0 saturated carbocycles. The molecule has 3 N–H and O–H groups in total. The molecule has 2 heterocycles. The quantitative estimate of drug-likeness (QED) is 0.806. The third kappa shape index (κ3) is 2.54. The van der Waals surface area contributed by atoms with Crippen molar-refractivity contribution in [3.8, 4) is 0 Å². The Morgan fingerprint density at radius 2 is 2.05 bits per heavy atom. The van der Waals surface area contributed by atoms with Gasteiger partial charge in [-0.1, -0.05) is 30.4 Å². The van der Waals surface area contributed by atoms with Crippen molar-refractivity contribution in [1.29, 1.82) is 0 Å². The standard InChI is InChI=1S/C17H21N3/c18-11-5-3-8-14-13-7-1-2-9-15(13)20-17(14)16-10-4-6-12-19-16/h1-2,4,6-7,9-10,12-13,15,20H,3,5,8,11,18H2. The molecule has 0 fully saturated rings. The van der Waals surface area contributed by atoms with Crippen LogP contribution < -0.4 is 11.1 Å². The normalized spacial score (nSPS) is 23.9. The third-order valence-corrected chi connectivity index (χ3v) is 3.99. The van der Waals surface area contributed by atoms with Crippen LogP contribution in [0.15, 0.2) is 54.3 Å². The van der Waals surface area contributed by atoms with Crippen molar-refractivity contribution in [2.75, 3.05) is 6.54 Å². The number of hydrogen-bond acceptors (Lipinski definition) is 3. The van der Waals surface area contributed by atoms with E-state index in [2.05, 4.69) is 40.7 Å². The number of unbranched alkanes of at least 4 members (excludes halogenated alkanes) is 1. The summed E-state index contributed by atoms with van der Waals surface area (Å²) in [5, 5.41) is 3.63. The van der Waals surface area contributed by atoms with Gasteiger partial charge in [0.15, 0.2) is 0 Å². The van der Waals surface area contributed by atoms with Crippen LogP contribution >= 0.6 is 0 Å². The molecule has 3 rings (SSSR count). The van der Waals surface area contributed by atoms with Gasteiger partial charge in [-0.2, -0.15) is 0 Å². The van der Waals surface area contributed by atoms with E-state index in [0.29, 0.717) is 12.0 Å². The number of fused-ring (bicyclic) bond motifs is 1. The maximum atomic E-state index is 5.62.